The number of hydrazone groups is 1. The number of nitrogens with one attached hydrogen (secondary N) is 2. The lowest BCUT2D eigenvalue weighted by Gasteiger charge is -2.20. The molecule has 0 radical (unpaired) electrons. The highest BCUT2D eigenvalue weighted by Crippen LogP contribution is 2.31. The highest BCUT2D eigenvalue weighted by atomic mass is 32.2. The number of hydrogen-bond acceptors (Lipinski definition) is 8. The van der Waals surface area contributed by atoms with Crippen LogP contribution in [-0.4, -0.2) is 42.4 Å². The summed E-state index contributed by atoms with van der Waals surface area (Å²) in [4.78, 5) is 13.3. The zero-order valence-electron chi connectivity index (χ0n) is 23.0. The maximum absolute atomic E-state index is 13.0. The first-order valence-corrected chi connectivity index (χ1v) is 14.7. The van der Waals surface area contributed by atoms with E-state index in [0.717, 1.165) is 65.9 Å². The van der Waals surface area contributed by atoms with E-state index in [1.54, 1.807) is 25.3 Å². The number of aryl methyl sites for hydroxylation is 3. The van der Waals surface area contributed by atoms with Gasteiger partial charge in [-0.15, -0.1) is 0 Å². The van der Waals surface area contributed by atoms with Crippen LogP contribution in [0.25, 0.3) is 5.69 Å². The van der Waals surface area contributed by atoms with Gasteiger partial charge < -0.3 is 4.90 Å². The van der Waals surface area contributed by atoms with Crippen LogP contribution in [0, 0.1) is 30.9 Å². The fourth-order valence-electron chi connectivity index (χ4n) is 4.88. The molecule has 2 N–H and O–H groups in total. The van der Waals surface area contributed by atoms with Crippen molar-refractivity contribution in [3.8, 4) is 5.69 Å². The molecule has 11 nitrogen and oxygen atoms in total. The Morgan fingerprint density at radius 1 is 0.976 bits per heavy atom. The van der Waals surface area contributed by atoms with E-state index < -0.39 is 20.6 Å². The summed E-state index contributed by atoms with van der Waals surface area (Å²) in [6, 6.07) is 18.8. The number of nitro groups is 1. The molecular weight excluding hydrogens is 542 g/mol. The number of nitrogens with zero attached hydrogens (tertiary/aromatic N) is 5. The van der Waals surface area contributed by atoms with Gasteiger partial charge in [0.15, 0.2) is 0 Å². The number of sulfonamides is 1. The lowest BCUT2D eigenvalue weighted by atomic mass is 10.1. The van der Waals surface area contributed by atoms with Crippen molar-refractivity contribution in [1.82, 2.24) is 9.78 Å². The Hall–Kier alpha value is -4.71. The van der Waals surface area contributed by atoms with Crippen LogP contribution in [0.15, 0.2) is 76.7 Å². The molecule has 0 unspecified atom stereocenters. The minimum Gasteiger partial charge on any atom is -0.356 e. The fourth-order valence-corrected chi connectivity index (χ4v) is 6.03. The number of rotatable bonds is 9. The highest BCUT2D eigenvalue weighted by molar-refractivity contribution is 7.92. The largest absolute Gasteiger partial charge is 0.356 e. The second kappa shape index (κ2) is 11.4. The van der Waals surface area contributed by atoms with Crippen LogP contribution in [0.2, 0.25) is 0 Å². The maximum Gasteiger partial charge on any atom is 0.295 e. The standard InChI is InChI=1S/C29H31N7O4S/c1-20-11-13-26(21(2)17-20)33-41(39,40)24-12-14-27(28(18-24)36(37)38)31-30-19-25-22(3)32-35(23-9-5-4-6-10-23)29(25)34-15-7-8-16-34/h4-6,9-14,17-19,31,33H,7-8,15-16H2,1-3H3. The van der Waals surface area contributed by atoms with E-state index in [4.69, 9.17) is 5.10 Å². The second-order valence-corrected chi connectivity index (χ2v) is 11.7. The molecule has 1 aliphatic rings. The maximum atomic E-state index is 13.0. The van der Waals surface area contributed by atoms with Gasteiger partial charge in [0.2, 0.25) is 0 Å². The normalized spacial score (nSPS) is 13.6. The van der Waals surface area contributed by atoms with Crippen LogP contribution in [0.5, 0.6) is 0 Å². The zero-order chi connectivity index (χ0) is 29.1. The predicted octanol–water partition coefficient (Wildman–Crippen LogP) is 5.55. The van der Waals surface area contributed by atoms with Crippen LogP contribution < -0.4 is 15.0 Å². The second-order valence-electron chi connectivity index (χ2n) is 9.99. The Morgan fingerprint density at radius 2 is 1.68 bits per heavy atom. The van der Waals surface area contributed by atoms with Gasteiger partial charge in [0.1, 0.15) is 11.5 Å². The quantitative estimate of drug-likeness (QED) is 0.152. The summed E-state index contributed by atoms with van der Waals surface area (Å²) in [5, 5.41) is 21.0. The van der Waals surface area contributed by atoms with E-state index in [2.05, 4.69) is 20.1 Å². The molecule has 0 spiro atoms. The van der Waals surface area contributed by atoms with E-state index in [1.165, 1.54) is 12.1 Å². The third-order valence-corrected chi connectivity index (χ3v) is 8.33. The summed E-state index contributed by atoms with van der Waals surface area (Å²) in [5.74, 6) is 0.908. The Labute approximate surface area is 238 Å². The molecule has 41 heavy (non-hydrogen) atoms. The van der Waals surface area contributed by atoms with Crippen molar-refractivity contribution in [3.63, 3.8) is 0 Å². The smallest absolute Gasteiger partial charge is 0.295 e. The SMILES string of the molecule is Cc1ccc(NS(=O)(=O)c2ccc(NN=Cc3c(C)nn(-c4ccccc4)c3N3CCCC3)c([N+](=O)[O-])c2)c(C)c1. The van der Waals surface area contributed by atoms with Crippen molar-refractivity contribution in [2.24, 2.45) is 5.10 Å². The lowest BCUT2D eigenvalue weighted by molar-refractivity contribution is -0.384. The number of nitro benzene ring substituents is 1. The molecule has 12 heteroatoms. The van der Waals surface area contributed by atoms with Gasteiger partial charge >= 0.3 is 0 Å². The molecule has 3 aromatic carbocycles. The van der Waals surface area contributed by atoms with Gasteiger partial charge in [-0.05, 0) is 69.5 Å². The van der Waals surface area contributed by atoms with E-state index >= 15 is 0 Å². The summed E-state index contributed by atoms with van der Waals surface area (Å²) in [5.41, 5.74) is 7.01. The molecule has 0 aliphatic carbocycles. The average molecular weight is 574 g/mol. The van der Waals surface area contributed by atoms with Crippen molar-refractivity contribution < 1.29 is 13.3 Å². The molecule has 5 rings (SSSR count). The Kier molecular flexibility index (Phi) is 7.75. The van der Waals surface area contributed by atoms with Crippen molar-refractivity contribution >= 4 is 39.1 Å². The van der Waals surface area contributed by atoms with Crippen molar-refractivity contribution in [1.29, 1.82) is 0 Å². The molecular formula is C29H31N7O4S. The predicted molar refractivity (Wildman–Crippen MR) is 161 cm³/mol. The van der Waals surface area contributed by atoms with Gasteiger partial charge in [0.05, 0.1) is 38.7 Å². The number of anilines is 3. The Bertz CT molecular complexity index is 1730. The van der Waals surface area contributed by atoms with Gasteiger partial charge in [-0.2, -0.15) is 10.2 Å². The molecule has 0 atom stereocenters. The lowest BCUT2D eigenvalue weighted by Crippen LogP contribution is -2.22. The molecule has 212 valence electrons. The van der Waals surface area contributed by atoms with Gasteiger partial charge in [-0.25, -0.2) is 13.1 Å². The van der Waals surface area contributed by atoms with Gasteiger partial charge in [-0.1, -0.05) is 35.9 Å². The molecule has 0 saturated carbocycles. The van der Waals surface area contributed by atoms with Crippen molar-refractivity contribution in [2.75, 3.05) is 28.1 Å². The van der Waals surface area contributed by atoms with Crippen LogP contribution in [0.4, 0.5) is 22.9 Å². The summed E-state index contributed by atoms with van der Waals surface area (Å²) < 4.78 is 30.5. The van der Waals surface area contributed by atoms with Gasteiger partial charge in [0.25, 0.3) is 15.7 Å². The molecule has 4 aromatic rings. The number of aromatic nitrogens is 2. The molecule has 0 bridgehead atoms. The van der Waals surface area contributed by atoms with Gasteiger partial charge in [0, 0.05) is 19.2 Å². The van der Waals surface area contributed by atoms with Crippen molar-refractivity contribution in [3.05, 3.63) is 99.2 Å². The van der Waals surface area contributed by atoms with E-state index in [-0.39, 0.29) is 10.6 Å². The Morgan fingerprint density at radius 3 is 2.37 bits per heavy atom. The van der Waals surface area contributed by atoms with Crippen LogP contribution >= 0.6 is 0 Å². The highest BCUT2D eigenvalue weighted by Gasteiger charge is 2.25. The average Bonchev–Trinajstić information content (AvgIpc) is 3.59. The monoisotopic (exact) mass is 573 g/mol. The van der Waals surface area contributed by atoms with E-state index in [1.807, 2.05) is 54.9 Å². The number of para-hydroxylation sites is 1. The molecule has 2 heterocycles. The minimum atomic E-state index is -4.07. The molecule has 1 fully saturated rings. The third kappa shape index (κ3) is 5.92. The first-order valence-electron chi connectivity index (χ1n) is 13.2. The summed E-state index contributed by atoms with van der Waals surface area (Å²) in [7, 11) is -4.07. The number of hydrogen-bond donors (Lipinski definition) is 2. The summed E-state index contributed by atoms with van der Waals surface area (Å²) in [6.07, 6.45) is 3.76. The molecule has 1 saturated heterocycles. The van der Waals surface area contributed by atoms with Crippen LogP contribution in [0.1, 0.15) is 35.2 Å². The van der Waals surface area contributed by atoms with Gasteiger partial charge in [-0.3, -0.25) is 20.3 Å². The third-order valence-electron chi connectivity index (χ3n) is 6.97. The summed E-state index contributed by atoms with van der Waals surface area (Å²) >= 11 is 0. The molecule has 1 aromatic heterocycles. The molecule has 0 amide bonds. The summed E-state index contributed by atoms with van der Waals surface area (Å²) in [6.45, 7) is 7.38. The van der Waals surface area contributed by atoms with E-state index in [9.17, 15) is 18.5 Å². The minimum absolute atomic E-state index is 0.0625. The zero-order valence-corrected chi connectivity index (χ0v) is 23.9. The van der Waals surface area contributed by atoms with Crippen LogP contribution in [0.3, 0.4) is 0 Å². The van der Waals surface area contributed by atoms with Crippen molar-refractivity contribution in [2.45, 2.75) is 38.5 Å². The topological polar surface area (TPSA) is 135 Å². The van der Waals surface area contributed by atoms with E-state index in [0.29, 0.717) is 5.69 Å². The van der Waals surface area contributed by atoms with Crippen LogP contribution in [-0.2, 0) is 10.0 Å². The first-order chi connectivity index (χ1) is 19.6. The molecule has 1 aliphatic heterocycles. The first kappa shape index (κ1) is 27.8. The fraction of sp³-hybridized carbons (Fsp3) is 0.241. The number of benzene rings is 3. The Balaban J connectivity index is 1.43.